The molecule has 0 radical (unpaired) electrons. The number of alkyl halides is 3. The van der Waals surface area contributed by atoms with Gasteiger partial charge < -0.3 is 0 Å². The number of carbonyl (C=O) groups is 1. The summed E-state index contributed by atoms with van der Waals surface area (Å²) in [7, 11) is 0. The Kier molecular flexibility index (Phi) is 5.22. The van der Waals surface area contributed by atoms with E-state index in [1.165, 1.54) is 11.3 Å². The van der Waals surface area contributed by atoms with Crippen molar-refractivity contribution >= 4 is 45.6 Å². The number of rotatable bonds is 3. The summed E-state index contributed by atoms with van der Waals surface area (Å²) in [6.07, 6.45) is -4.45. The Labute approximate surface area is 160 Å². The fourth-order valence-corrected chi connectivity index (χ4v) is 3.34. The van der Waals surface area contributed by atoms with Crippen LogP contribution in [0.25, 0.3) is 11.3 Å². The fourth-order valence-electron chi connectivity index (χ4n) is 2.13. The first-order chi connectivity index (χ1) is 12.2. The van der Waals surface area contributed by atoms with E-state index < -0.39 is 17.6 Å². The van der Waals surface area contributed by atoms with Gasteiger partial charge in [-0.1, -0.05) is 23.2 Å². The van der Waals surface area contributed by atoms with Crippen molar-refractivity contribution in [1.29, 1.82) is 0 Å². The van der Waals surface area contributed by atoms with E-state index in [1.807, 2.05) is 0 Å². The minimum absolute atomic E-state index is 0.0966. The van der Waals surface area contributed by atoms with Gasteiger partial charge in [-0.25, -0.2) is 4.98 Å². The van der Waals surface area contributed by atoms with Crippen LogP contribution in [0.15, 0.2) is 47.8 Å². The van der Waals surface area contributed by atoms with Crippen molar-refractivity contribution in [2.45, 2.75) is 6.18 Å². The van der Waals surface area contributed by atoms with Gasteiger partial charge in [-0.3, -0.25) is 10.1 Å². The topological polar surface area (TPSA) is 42.0 Å². The molecule has 0 bridgehead atoms. The van der Waals surface area contributed by atoms with E-state index in [2.05, 4.69) is 10.3 Å². The lowest BCUT2D eigenvalue weighted by Crippen LogP contribution is -2.12. The largest absolute Gasteiger partial charge is 0.416 e. The van der Waals surface area contributed by atoms with Crippen LogP contribution in [0.4, 0.5) is 18.3 Å². The minimum Gasteiger partial charge on any atom is -0.298 e. The molecule has 0 saturated carbocycles. The van der Waals surface area contributed by atoms with E-state index in [0.717, 1.165) is 24.3 Å². The maximum Gasteiger partial charge on any atom is 0.416 e. The molecule has 2 aromatic carbocycles. The van der Waals surface area contributed by atoms with Gasteiger partial charge in [-0.15, -0.1) is 11.3 Å². The van der Waals surface area contributed by atoms with Gasteiger partial charge >= 0.3 is 6.18 Å². The van der Waals surface area contributed by atoms with Gasteiger partial charge in [0.25, 0.3) is 5.91 Å². The second-order valence-corrected chi connectivity index (χ2v) is 6.89. The van der Waals surface area contributed by atoms with Gasteiger partial charge in [0.15, 0.2) is 5.13 Å². The molecular formula is C17H9Cl2F3N2OS. The Morgan fingerprint density at radius 2 is 1.77 bits per heavy atom. The van der Waals surface area contributed by atoms with E-state index in [-0.39, 0.29) is 5.56 Å². The smallest absolute Gasteiger partial charge is 0.298 e. The third-order valence-corrected chi connectivity index (χ3v) is 4.71. The maximum absolute atomic E-state index is 12.6. The van der Waals surface area contributed by atoms with Crippen molar-refractivity contribution in [3.63, 3.8) is 0 Å². The zero-order valence-electron chi connectivity index (χ0n) is 12.8. The Morgan fingerprint density at radius 1 is 1.08 bits per heavy atom. The molecule has 0 aliphatic heterocycles. The normalized spacial score (nSPS) is 11.4. The van der Waals surface area contributed by atoms with Crippen LogP contribution in [-0.2, 0) is 6.18 Å². The molecule has 0 atom stereocenters. The van der Waals surface area contributed by atoms with Crippen molar-refractivity contribution < 1.29 is 18.0 Å². The molecule has 134 valence electrons. The highest BCUT2D eigenvalue weighted by molar-refractivity contribution is 7.14. The first-order valence-corrected chi connectivity index (χ1v) is 8.77. The van der Waals surface area contributed by atoms with Crippen molar-refractivity contribution in [2.75, 3.05) is 5.32 Å². The Balaban J connectivity index is 1.75. The number of hydrogen-bond acceptors (Lipinski definition) is 3. The molecule has 0 aliphatic carbocycles. The van der Waals surface area contributed by atoms with Crippen LogP contribution >= 0.6 is 34.5 Å². The van der Waals surface area contributed by atoms with E-state index in [1.54, 1.807) is 23.6 Å². The van der Waals surface area contributed by atoms with Crippen molar-refractivity contribution in [3.05, 3.63) is 69.0 Å². The van der Waals surface area contributed by atoms with E-state index in [0.29, 0.717) is 26.4 Å². The predicted octanol–water partition coefficient (Wildman–Crippen LogP) is 6.39. The lowest BCUT2D eigenvalue weighted by Gasteiger charge is -2.07. The molecule has 1 aromatic heterocycles. The van der Waals surface area contributed by atoms with Crippen molar-refractivity contribution in [3.8, 4) is 11.3 Å². The van der Waals surface area contributed by atoms with Gasteiger partial charge in [-0.2, -0.15) is 13.2 Å². The summed E-state index contributed by atoms with van der Waals surface area (Å²) in [5.41, 5.74) is 0.490. The SMILES string of the molecule is O=C(Nc1nc(-c2ccc(Cl)cc2Cl)cs1)c1ccc(C(F)(F)F)cc1. The highest BCUT2D eigenvalue weighted by atomic mass is 35.5. The number of anilines is 1. The summed E-state index contributed by atoms with van der Waals surface area (Å²) < 4.78 is 37.7. The van der Waals surface area contributed by atoms with E-state index >= 15 is 0 Å². The molecule has 1 N–H and O–H groups in total. The summed E-state index contributed by atoms with van der Waals surface area (Å²) in [4.78, 5) is 16.4. The Bertz CT molecular complexity index is 955. The number of nitrogens with one attached hydrogen (secondary N) is 1. The molecule has 26 heavy (non-hydrogen) atoms. The van der Waals surface area contributed by atoms with Crippen LogP contribution in [0.3, 0.4) is 0 Å². The Hall–Kier alpha value is -2.09. The van der Waals surface area contributed by atoms with Crippen LogP contribution in [-0.4, -0.2) is 10.9 Å². The fraction of sp³-hybridized carbons (Fsp3) is 0.0588. The molecular weight excluding hydrogens is 408 g/mol. The van der Waals surface area contributed by atoms with Crippen LogP contribution in [0, 0.1) is 0 Å². The monoisotopic (exact) mass is 416 g/mol. The van der Waals surface area contributed by atoms with Crippen LogP contribution in [0.2, 0.25) is 10.0 Å². The minimum atomic E-state index is -4.45. The highest BCUT2D eigenvalue weighted by Gasteiger charge is 2.30. The second-order valence-electron chi connectivity index (χ2n) is 5.19. The van der Waals surface area contributed by atoms with E-state index in [4.69, 9.17) is 23.2 Å². The lowest BCUT2D eigenvalue weighted by molar-refractivity contribution is -0.137. The third kappa shape index (κ3) is 4.17. The zero-order chi connectivity index (χ0) is 18.9. The summed E-state index contributed by atoms with van der Waals surface area (Å²) >= 11 is 13.2. The molecule has 1 heterocycles. The average molecular weight is 417 g/mol. The first kappa shape index (κ1) is 18.7. The number of benzene rings is 2. The van der Waals surface area contributed by atoms with Gasteiger partial charge in [-0.05, 0) is 42.5 Å². The zero-order valence-corrected chi connectivity index (χ0v) is 15.1. The molecule has 0 spiro atoms. The molecule has 0 aliphatic rings. The maximum atomic E-state index is 12.6. The molecule has 0 fully saturated rings. The third-order valence-electron chi connectivity index (χ3n) is 3.41. The summed E-state index contributed by atoms with van der Waals surface area (Å²) in [5.74, 6) is -0.554. The number of nitrogens with zero attached hydrogens (tertiary/aromatic N) is 1. The average Bonchev–Trinajstić information content (AvgIpc) is 3.02. The molecule has 3 rings (SSSR count). The number of halogens is 5. The standard InChI is InChI=1S/C17H9Cl2F3N2OS/c18-11-5-6-12(13(19)7-11)14-8-26-16(23-14)24-15(25)9-1-3-10(4-2-9)17(20,21)22/h1-8H,(H,23,24,25). The van der Waals surface area contributed by atoms with E-state index in [9.17, 15) is 18.0 Å². The lowest BCUT2D eigenvalue weighted by atomic mass is 10.1. The van der Waals surface area contributed by atoms with Gasteiger partial charge in [0.1, 0.15) is 0 Å². The molecule has 3 aromatic rings. The van der Waals surface area contributed by atoms with Crippen LogP contribution < -0.4 is 5.32 Å². The molecule has 1 amide bonds. The van der Waals surface area contributed by atoms with Gasteiger partial charge in [0.2, 0.25) is 0 Å². The number of aromatic nitrogens is 1. The van der Waals surface area contributed by atoms with Gasteiger partial charge in [0.05, 0.1) is 16.3 Å². The number of amides is 1. The number of hydrogen-bond donors (Lipinski definition) is 1. The van der Waals surface area contributed by atoms with Crippen molar-refractivity contribution in [1.82, 2.24) is 4.98 Å². The number of thiazole rings is 1. The summed E-state index contributed by atoms with van der Waals surface area (Å²) in [5, 5.41) is 5.47. The first-order valence-electron chi connectivity index (χ1n) is 7.13. The summed E-state index contributed by atoms with van der Waals surface area (Å²) in [6, 6.07) is 8.90. The van der Waals surface area contributed by atoms with Crippen LogP contribution in [0.5, 0.6) is 0 Å². The number of carbonyl (C=O) groups excluding carboxylic acids is 1. The quantitative estimate of drug-likeness (QED) is 0.537. The predicted molar refractivity (Wildman–Crippen MR) is 97.0 cm³/mol. The molecule has 0 saturated heterocycles. The van der Waals surface area contributed by atoms with Crippen LogP contribution in [0.1, 0.15) is 15.9 Å². The highest BCUT2D eigenvalue weighted by Crippen LogP contribution is 2.33. The molecule has 0 unspecified atom stereocenters. The van der Waals surface area contributed by atoms with Gasteiger partial charge in [0, 0.05) is 21.5 Å². The van der Waals surface area contributed by atoms with Crippen molar-refractivity contribution in [2.24, 2.45) is 0 Å². The molecule has 9 heteroatoms. The second kappa shape index (κ2) is 7.26. The summed E-state index contributed by atoms with van der Waals surface area (Å²) in [6.45, 7) is 0. The Morgan fingerprint density at radius 3 is 2.38 bits per heavy atom. The molecule has 3 nitrogen and oxygen atoms in total.